The molecule has 1 aliphatic rings. The number of carbonyl (C=O) groups excluding carboxylic acids is 4. The Morgan fingerprint density at radius 2 is 1.62 bits per heavy atom. The number of anilines is 1. The highest BCUT2D eigenvalue weighted by atomic mass is 16.5. The van der Waals surface area contributed by atoms with Crippen LogP contribution >= 0.6 is 0 Å². The van der Waals surface area contributed by atoms with E-state index in [2.05, 4.69) is 25.9 Å². The highest BCUT2D eigenvalue weighted by Crippen LogP contribution is 2.45. The first-order valence-corrected chi connectivity index (χ1v) is 22.5. The molecule has 0 fully saturated rings. The van der Waals surface area contributed by atoms with E-state index >= 15 is 0 Å². The molecule has 0 spiro atoms. The first-order valence-electron chi connectivity index (χ1n) is 22.5. The lowest BCUT2D eigenvalue weighted by Gasteiger charge is -2.33. The third kappa shape index (κ3) is 12.7. The Morgan fingerprint density at radius 1 is 0.913 bits per heavy atom. The number of phenolic OH excluding ortho intramolecular Hbond substituents is 2. The van der Waals surface area contributed by atoms with E-state index in [1.807, 2.05) is 26.8 Å². The number of aliphatic carboxylic acids is 1. The van der Waals surface area contributed by atoms with Crippen molar-refractivity contribution in [1.29, 1.82) is 0 Å². The van der Waals surface area contributed by atoms with Gasteiger partial charge in [0, 0.05) is 31.1 Å². The van der Waals surface area contributed by atoms with Crippen LogP contribution in [0.15, 0.2) is 48.5 Å². The number of carbonyl (C=O) groups is 5. The minimum atomic E-state index is -1.65. The zero-order valence-electron chi connectivity index (χ0n) is 39.7. The van der Waals surface area contributed by atoms with Crippen LogP contribution in [-0.4, -0.2) is 129 Å². The number of nitrogens with two attached hydrogens (primary N) is 4. The molecule has 372 valence electrons. The van der Waals surface area contributed by atoms with E-state index < -0.39 is 72.2 Å². The first-order chi connectivity index (χ1) is 32.6. The minimum Gasteiger partial charge on any atom is -0.507 e. The third-order valence-electron chi connectivity index (χ3n) is 11.6. The Hall–Kier alpha value is -7.07. The number of fused-ring (bicyclic) bond motifs is 5. The summed E-state index contributed by atoms with van der Waals surface area (Å²) in [6.07, 6.45) is -0.741. The van der Waals surface area contributed by atoms with E-state index in [0.717, 1.165) is 10.5 Å². The number of phenols is 2. The van der Waals surface area contributed by atoms with Crippen LogP contribution in [0.2, 0.25) is 0 Å². The number of hydrogen-bond acceptors (Lipinski definition) is 16. The second-order valence-corrected chi connectivity index (χ2v) is 18.0. The number of aryl methyl sites for hydroxylation is 1. The van der Waals surface area contributed by atoms with E-state index in [9.17, 15) is 44.4 Å². The van der Waals surface area contributed by atoms with Gasteiger partial charge in [-0.25, -0.2) is 14.8 Å². The van der Waals surface area contributed by atoms with E-state index in [-0.39, 0.29) is 107 Å². The van der Waals surface area contributed by atoms with Crippen molar-refractivity contribution in [3.8, 4) is 45.5 Å². The van der Waals surface area contributed by atoms with Gasteiger partial charge >= 0.3 is 5.97 Å². The Labute approximate surface area is 400 Å². The number of ether oxygens (including phenoxy) is 2. The molecule has 69 heavy (non-hydrogen) atoms. The molecular weight excluding hydrogens is 893 g/mol. The fourth-order valence-corrected chi connectivity index (χ4v) is 7.67. The van der Waals surface area contributed by atoms with Crippen LogP contribution in [0.1, 0.15) is 85.7 Å². The number of hydrogen-bond donors (Lipinski definition) is 11. The summed E-state index contributed by atoms with van der Waals surface area (Å²) in [5, 5.41) is 51.2. The summed E-state index contributed by atoms with van der Waals surface area (Å²) in [7, 11) is 1.30. The number of nitrogen functional groups attached to an aromatic ring is 1. The van der Waals surface area contributed by atoms with Crippen LogP contribution in [0.3, 0.4) is 0 Å². The topological polar surface area (TPSA) is 354 Å². The predicted molar refractivity (Wildman–Crippen MR) is 256 cm³/mol. The number of nitrogens with zero attached hydrogens (tertiary/aromatic N) is 3. The van der Waals surface area contributed by atoms with Crippen LogP contribution in [0, 0.1) is 6.92 Å². The van der Waals surface area contributed by atoms with E-state index in [1.54, 1.807) is 30.3 Å². The Kier molecular flexibility index (Phi) is 17.5. The molecule has 4 aromatic rings. The third-order valence-corrected chi connectivity index (χ3v) is 11.6. The highest BCUT2D eigenvalue weighted by molar-refractivity contribution is 6.02. The molecule has 21 nitrogen and oxygen atoms in total. The molecule has 15 N–H and O–H groups in total. The molecule has 3 aromatic carbocycles. The van der Waals surface area contributed by atoms with Crippen LogP contribution in [0.5, 0.6) is 23.0 Å². The lowest BCUT2D eigenvalue weighted by atomic mass is 9.86. The number of aliphatic hydroxyl groups excluding tert-OH is 1. The van der Waals surface area contributed by atoms with Crippen LogP contribution < -0.4 is 48.4 Å². The smallest absolute Gasteiger partial charge is 0.326 e. The van der Waals surface area contributed by atoms with E-state index in [0.29, 0.717) is 18.5 Å². The molecule has 0 radical (unpaired) electrons. The highest BCUT2D eigenvalue weighted by Gasteiger charge is 2.37. The van der Waals surface area contributed by atoms with Gasteiger partial charge in [-0.1, -0.05) is 32.9 Å². The summed E-state index contributed by atoms with van der Waals surface area (Å²) in [4.78, 5) is 79.7. The number of rotatable bonds is 17. The average Bonchev–Trinajstić information content (AvgIpc) is 3.29. The number of aromatic hydroxyl groups is 2. The molecule has 0 unspecified atom stereocenters. The molecule has 21 heteroatoms. The standard InChI is InChI=1S/C48H64N10O11/c1-24-38(41(52)57-42(53-24)30-12-11-28(21-35(30)60)48(3,4)5)44(63)55-33(9-7-14-49)46(65)58(6)39-27-19-32(40(61)37(20-27)69-23-29(59)22-51)31-17-26(10-13-36(31)68-16-8-15-50)18-34(47(66)67)56-43(62)25(2)54-45(39)64/h10-13,17,19-21,25,29,33-34,39,59-61H,7-9,14-16,18,22-23,49-51H2,1-6H3,(H,54,64)(H,55,63)(H,56,62)(H,66,67)(H2,52,53,57)/t25-,29+,33-,34-,39-/m0/s1. The molecule has 1 aliphatic heterocycles. The van der Waals surface area contributed by atoms with Gasteiger partial charge in [0.15, 0.2) is 17.3 Å². The number of amides is 4. The van der Waals surface area contributed by atoms with Crippen molar-refractivity contribution in [3.63, 3.8) is 0 Å². The summed E-state index contributed by atoms with van der Waals surface area (Å²) < 4.78 is 12.0. The second-order valence-electron chi connectivity index (χ2n) is 18.0. The fraction of sp³-hybridized carbons (Fsp3) is 0.438. The molecule has 0 saturated carbocycles. The van der Waals surface area contributed by atoms with Gasteiger partial charge in [0.2, 0.25) is 17.7 Å². The molecule has 5 rings (SSSR count). The summed E-state index contributed by atoms with van der Waals surface area (Å²) in [6.45, 7) is 8.80. The fourth-order valence-electron chi connectivity index (χ4n) is 7.67. The van der Waals surface area contributed by atoms with Crippen molar-refractivity contribution in [3.05, 3.63) is 76.5 Å². The van der Waals surface area contributed by atoms with Gasteiger partial charge in [-0.3, -0.25) is 19.2 Å². The average molecular weight is 957 g/mol. The SMILES string of the molecule is Cc1nc(-c2ccc(C(C)(C)C)cc2O)nc(N)c1C(=O)N[C@@H](CCCN)C(=O)N(C)[C@@H]1C(=O)N[C@@H](C)C(=O)N[C@H](C(=O)O)Cc2ccc(OCCCN)c(c2)-c2cc1cc(OC[C@H](O)CN)c2O. The summed E-state index contributed by atoms with van der Waals surface area (Å²) in [6, 6.07) is 6.70. The van der Waals surface area contributed by atoms with Gasteiger partial charge in [0.25, 0.3) is 5.91 Å². The predicted octanol–water partition coefficient (Wildman–Crippen LogP) is 1.50. The van der Waals surface area contributed by atoms with Crippen molar-refractivity contribution in [2.24, 2.45) is 17.2 Å². The maximum absolute atomic E-state index is 14.9. The summed E-state index contributed by atoms with van der Waals surface area (Å²) >= 11 is 0. The number of aliphatic hydroxyl groups is 1. The number of aromatic nitrogens is 2. The van der Waals surface area contributed by atoms with Gasteiger partial charge in [-0.2, -0.15) is 0 Å². The van der Waals surface area contributed by atoms with Gasteiger partial charge in [-0.05, 0) is 105 Å². The molecule has 0 aliphatic carbocycles. The normalized spacial score (nSPS) is 17.1. The van der Waals surface area contributed by atoms with Crippen molar-refractivity contribution in [1.82, 2.24) is 30.8 Å². The molecule has 2 heterocycles. The Morgan fingerprint density at radius 3 is 2.25 bits per heavy atom. The van der Waals surface area contributed by atoms with Crippen molar-refractivity contribution >= 4 is 35.4 Å². The molecule has 0 saturated heterocycles. The number of likely N-dealkylation sites (N-methyl/N-ethyl adjacent to an activating group) is 1. The van der Waals surface area contributed by atoms with Crippen LogP contribution in [0.4, 0.5) is 5.82 Å². The summed E-state index contributed by atoms with van der Waals surface area (Å²) in [5.41, 5.74) is 25.2. The maximum atomic E-state index is 14.9. The Bertz CT molecular complexity index is 2530. The molecule has 1 aromatic heterocycles. The van der Waals surface area contributed by atoms with E-state index in [1.165, 1.54) is 33.0 Å². The molecule has 4 bridgehead atoms. The molecule has 5 atom stereocenters. The quantitative estimate of drug-likeness (QED) is 0.0668. The molecule has 4 amide bonds. The van der Waals surface area contributed by atoms with Crippen LogP contribution in [-0.2, 0) is 31.0 Å². The lowest BCUT2D eigenvalue weighted by Crippen LogP contribution is -2.55. The zero-order chi connectivity index (χ0) is 50.9. The van der Waals surface area contributed by atoms with Gasteiger partial charge in [-0.15, -0.1) is 0 Å². The minimum absolute atomic E-state index is 0.0230. The van der Waals surface area contributed by atoms with E-state index in [4.69, 9.17) is 32.4 Å². The Balaban J connectivity index is 1.63. The van der Waals surface area contributed by atoms with Crippen molar-refractivity contribution in [2.45, 2.75) is 96.0 Å². The van der Waals surface area contributed by atoms with Crippen molar-refractivity contribution in [2.75, 3.05) is 45.6 Å². The number of nitrogens with one attached hydrogen (secondary N) is 3. The van der Waals surface area contributed by atoms with Gasteiger partial charge in [0.1, 0.15) is 59.8 Å². The zero-order valence-corrected chi connectivity index (χ0v) is 39.7. The van der Waals surface area contributed by atoms with Crippen LogP contribution in [0.25, 0.3) is 22.5 Å². The monoisotopic (exact) mass is 956 g/mol. The van der Waals surface area contributed by atoms with Gasteiger partial charge < -0.3 is 73.7 Å². The summed E-state index contributed by atoms with van der Waals surface area (Å²) in [5.74, 6) is -5.53. The number of carboxylic acids is 1. The lowest BCUT2D eigenvalue weighted by molar-refractivity contribution is -0.143. The van der Waals surface area contributed by atoms with Gasteiger partial charge in [0.05, 0.1) is 17.9 Å². The largest absolute Gasteiger partial charge is 0.507 e. The first kappa shape index (κ1) is 52.9. The molecular formula is C48H64N10O11. The van der Waals surface area contributed by atoms with Crippen molar-refractivity contribution < 1.29 is 53.9 Å². The number of carboxylic acid groups (broad SMARTS) is 1. The second kappa shape index (κ2) is 22.8. The number of benzene rings is 3. The maximum Gasteiger partial charge on any atom is 0.326 e.